The summed E-state index contributed by atoms with van der Waals surface area (Å²) in [7, 11) is 3.35. The SMILES string of the molecule is COC(=O)CCN(C)CCc1ccc(F)c(C)c1. The van der Waals surface area contributed by atoms with Crippen molar-refractivity contribution in [2.75, 3.05) is 27.2 Å². The molecule has 0 aliphatic carbocycles. The lowest BCUT2D eigenvalue weighted by Crippen LogP contribution is -2.24. The summed E-state index contributed by atoms with van der Waals surface area (Å²) >= 11 is 0. The van der Waals surface area contributed by atoms with Crippen molar-refractivity contribution in [3.8, 4) is 0 Å². The molecule has 0 saturated carbocycles. The zero-order valence-corrected chi connectivity index (χ0v) is 11.2. The van der Waals surface area contributed by atoms with Crippen molar-refractivity contribution in [1.82, 2.24) is 4.90 Å². The van der Waals surface area contributed by atoms with Crippen LogP contribution in [0.2, 0.25) is 0 Å². The van der Waals surface area contributed by atoms with Crippen LogP contribution in [0, 0.1) is 12.7 Å². The highest BCUT2D eigenvalue weighted by atomic mass is 19.1. The fourth-order valence-corrected chi connectivity index (χ4v) is 1.68. The molecular formula is C14H20FNO2. The molecule has 0 N–H and O–H groups in total. The molecule has 0 heterocycles. The molecule has 0 radical (unpaired) electrons. The second kappa shape index (κ2) is 7.11. The van der Waals surface area contributed by atoms with Gasteiger partial charge in [-0.1, -0.05) is 12.1 Å². The van der Waals surface area contributed by atoms with Crippen LogP contribution in [0.5, 0.6) is 0 Å². The molecule has 0 bridgehead atoms. The summed E-state index contributed by atoms with van der Waals surface area (Å²) in [4.78, 5) is 13.0. The summed E-state index contributed by atoms with van der Waals surface area (Å²) < 4.78 is 17.7. The number of carbonyl (C=O) groups excluding carboxylic acids is 1. The van der Waals surface area contributed by atoms with Crippen LogP contribution in [0.25, 0.3) is 0 Å². The van der Waals surface area contributed by atoms with E-state index in [4.69, 9.17) is 0 Å². The Balaban J connectivity index is 2.35. The first kappa shape index (κ1) is 14.6. The number of nitrogens with zero attached hydrogens (tertiary/aromatic N) is 1. The van der Waals surface area contributed by atoms with E-state index in [1.54, 1.807) is 13.0 Å². The Bertz CT molecular complexity index is 407. The number of hydrogen-bond acceptors (Lipinski definition) is 3. The lowest BCUT2D eigenvalue weighted by molar-refractivity contribution is -0.140. The zero-order chi connectivity index (χ0) is 13.5. The molecule has 0 aromatic heterocycles. The molecule has 0 saturated heterocycles. The van der Waals surface area contributed by atoms with Crippen LogP contribution in [0.4, 0.5) is 4.39 Å². The van der Waals surface area contributed by atoms with E-state index in [1.165, 1.54) is 13.2 Å². The van der Waals surface area contributed by atoms with Gasteiger partial charge < -0.3 is 9.64 Å². The average molecular weight is 253 g/mol. The van der Waals surface area contributed by atoms with Gasteiger partial charge in [0.2, 0.25) is 0 Å². The molecule has 1 aromatic rings. The number of rotatable bonds is 6. The van der Waals surface area contributed by atoms with Crippen molar-refractivity contribution in [2.24, 2.45) is 0 Å². The third-order valence-corrected chi connectivity index (χ3v) is 2.93. The van der Waals surface area contributed by atoms with E-state index in [0.717, 1.165) is 18.5 Å². The summed E-state index contributed by atoms with van der Waals surface area (Å²) in [6, 6.07) is 5.17. The van der Waals surface area contributed by atoms with Gasteiger partial charge in [-0.3, -0.25) is 4.79 Å². The van der Waals surface area contributed by atoms with Crippen LogP contribution in [-0.4, -0.2) is 38.1 Å². The van der Waals surface area contributed by atoms with Crippen LogP contribution >= 0.6 is 0 Å². The summed E-state index contributed by atoms with van der Waals surface area (Å²) in [6.45, 7) is 3.27. The van der Waals surface area contributed by atoms with E-state index >= 15 is 0 Å². The maximum Gasteiger partial charge on any atom is 0.306 e. The Kier molecular flexibility index (Phi) is 5.78. The Hall–Kier alpha value is -1.42. The third-order valence-electron chi connectivity index (χ3n) is 2.93. The van der Waals surface area contributed by atoms with Crippen LogP contribution in [-0.2, 0) is 16.0 Å². The molecular weight excluding hydrogens is 233 g/mol. The first-order valence-electron chi connectivity index (χ1n) is 6.03. The average Bonchev–Trinajstić information content (AvgIpc) is 2.37. The van der Waals surface area contributed by atoms with E-state index in [9.17, 15) is 9.18 Å². The molecule has 0 amide bonds. The predicted molar refractivity (Wildman–Crippen MR) is 69.0 cm³/mol. The zero-order valence-electron chi connectivity index (χ0n) is 11.2. The highest BCUT2D eigenvalue weighted by molar-refractivity contribution is 5.69. The van der Waals surface area contributed by atoms with Gasteiger partial charge in [0.25, 0.3) is 0 Å². The van der Waals surface area contributed by atoms with Gasteiger partial charge in [-0.05, 0) is 37.6 Å². The number of benzene rings is 1. The monoisotopic (exact) mass is 253 g/mol. The molecule has 1 rings (SSSR count). The first-order valence-corrected chi connectivity index (χ1v) is 6.03. The minimum Gasteiger partial charge on any atom is -0.469 e. The Labute approximate surface area is 108 Å². The lowest BCUT2D eigenvalue weighted by Gasteiger charge is -2.15. The van der Waals surface area contributed by atoms with Crippen molar-refractivity contribution in [3.05, 3.63) is 35.1 Å². The quantitative estimate of drug-likeness (QED) is 0.728. The molecule has 0 aliphatic heterocycles. The predicted octanol–water partition coefficient (Wildman–Crippen LogP) is 2.17. The van der Waals surface area contributed by atoms with E-state index in [-0.39, 0.29) is 11.8 Å². The number of hydrogen-bond donors (Lipinski definition) is 0. The van der Waals surface area contributed by atoms with Gasteiger partial charge in [0.05, 0.1) is 13.5 Å². The maximum atomic E-state index is 13.1. The van der Waals surface area contributed by atoms with Gasteiger partial charge >= 0.3 is 5.97 Å². The van der Waals surface area contributed by atoms with Crippen LogP contribution in [0.15, 0.2) is 18.2 Å². The van der Waals surface area contributed by atoms with Crippen LogP contribution < -0.4 is 0 Å². The van der Waals surface area contributed by atoms with Crippen LogP contribution in [0.1, 0.15) is 17.5 Å². The lowest BCUT2D eigenvalue weighted by atomic mass is 10.1. The number of aryl methyl sites for hydroxylation is 1. The maximum absolute atomic E-state index is 13.1. The standard InChI is InChI=1S/C14H20FNO2/c1-11-10-12(4-5-13(11)15)6-8-16(2)9-7-14(17)18-3/h4-5,10H,6-9H2,1-3H3. The summed E-state index contributed by atoms with van der Waals surface area (Å²) in [6.07, 6.45) is 1.24. The third kappa shape index (κ3) is 4.84. The molecule has 0 atom stereocenters. The number of methoxy groups -OCH3 is 1. The fraction of sp³-hybridized carbons (Fsp3) is 0.500. The van der Waals surface area contributed by atoms with Crippen molar-refractivity contribution in [1.29, 1.82) is 0 Å². The van der Waals surface area contributed by atoms with Gasteiger partial charge in [-0.25, -0.2) is 4.39 Å². The fourth-order valence-electron chi connectivity index (χ4n) is 1.68. The molecule has 18 heavy (non-hydrogen) atoms. The van der Waals surface area contributed by atoms with Crippen molar-refractivity contribution in [2.45, 2.75) is 19.8 Å². The Morgan fingerprint density at radius 3 is 2.72 bits per heavy atom. The van der Waals surface area contributed by atoms with Crippen LogP contribution in [0.3, 0.4) is 0 Å². The molecule has 100 valence electrons. The largest absolute Gasteiger partial charge is 0.469 e. The van der Waals surface area contributed by atoms with Crippen molar-refractivity contribution < 1.29 is 13.9 Å². The number of esters is 1. The van der Waals surface area contributed by atoms with E-state index in [0.29, 0.717) is 18.5 Å². The number of halogens is 1. The van der Waals surface area contributed by atoms with Gasteiger partial charge in [-0.2, -0.15) is 0 Å². The summed E-state index contributed by atoms with van der Waals surface area (Å²) in [5.41, 5.74) is 1.78. The Morgan fingerprint density at radius 1 is 1.39 bits per heavy atom. The molecule has 0 fully saturated rings. The smallest absolute Gasteiger partial charge is 0.306 e. The normalized spacial score (nSPS) is 10.7. The molecule has 0 aliphatic rings. The Morgan fingerprint density at radius 2 is 2.11 bits per heavy atom. The first-order chi connectivity index (χ1) is 8.52. The summed E-state index contributed by atoms with van der Waals surface area (Å²) in [5.74, 6) is -0.364. The van der Waals surface area contributed by atoms with E-state index in [1.807, 2.05) is 13.1 Å². The second-order valence-corrected chi connectivity index (χ2v) is 4.46. The summed E-state index contributed by atoms with van der Waals surface area (Å²) in [5, 5.41) is 0. The number of likely N-dealkylation sites (N-methyl/N-ethyl adjacent to an activating group) is 1. The van der Waals surface area contributed by atoms with Crippen molar-refractivity contribution >= 4 is 5.97 Å². The highest BCUT2D eigenvalue weighted by Gasteiger charge is 2.05. The van der Waals surface area contributed by atoms with Gasteiger partial charge in [0.1, 0.15) is 5.82 Å². The van der Waals surface area contributed by atoms with Crippen molar-refractivity contribution in [3.63, 3.8) is 0 Å². The molecule has 3 nitrogen and oxygen atoms in total. The molecule has 0 unspecified atom stereocenters. The number of carbonyl (C=O) groups is 1. The van der Waals surface area contributed by atoms with Gasteiger partial charge in [-0.15, -0.1) is 0 Å². The minimum atomic E-state index is -0.195. The van der Waals surface area contributed by atoms with E-state index in [2.05, 4.69) is 9.64 Å². The molecule has 4 heteroatoms. The number of ether oxygens (including phenoxy) is 1. The van der Waals surface area contributed by atoms with Gasteiger partial charge in [0.15, 0.2) is 0 Å². The topological polar surface area (TPSA) is 29.5 Å². The molecule has 1 aromatic carbocycles. The second-order valence-electron chi connectivity index (χ2n) is 4.46. The van der Waals surface area contributed by atoms with Gasteiger partial charge in [0, 0.05) is 13.1 Å². The minimum absolute atomic E-state index is 0.169. The van der Waals surface area contributed by atoms with E-state index < -0.39 is 0 Å². The highest BCUT2D eigenvalue weighted by Crippen LogP contribution is 2.10. The molecule has 0 spiro atoms.